The molecule has 0 saturated heterocycles. The molecule has 1 aliphatic rings. The fourth-order valence-electron chi connectivity index (χ4n) is 3.22. The molecule has 4 rings (SSSR count). The lowest BCUT2D eigenvalue weighted by Gasteiger charge is -2.20. The van der Waals surface area contributed by atoms with E-state index in [-0.39, 0.29) is 12.5 Å². The van der Waals surface area contributed by atoms with Gasteiger partial charge in [0.25, 0.3) is 5.91 Å². The average molecular weight is 457 g/mol. The summed E-state index contributed by atoms with van der Waals surface area (Å²) < 4.78 is 5.22. The topological polar surface area (TPSA) is 83.6 Å². The van der Waals surface area contributed by atoms with Crippen LogP contribution in [0.5, 0.6) is 0 Å². The summed E-state index contributed by atoms with van der Waals surface area (Å²) in [5.74, 6) is -0.345. The molecule has 2 amide bonds. The summed E-state index contributed by atoms with van der Waals surface area (Å²) in [5, 5.41) is 6.33. The number of carbonyl (C=O) groups excluding carboxylic acids is 2. The van der Waals surface area contributed by atoms with Gasteiger partial charge in [-0.1, -0.05) is 41.9 Å². The zero-order chi connectivity index (χ0) is 21.8. The minimum absolute atomic E-state index is 0.143. The summed E-state index contributed by atoms with van der Waals surface area (Å²) in [6, 6.07) is 14.0. The second-order valence-electron chi connectivity index (χ2n) is 7.25. The van der Waals surface area contributed by atoms with Crippen molar-refractivity contribution >= 4 is 45.8 Å². The smallest absolute Gasteiger partial charge is 0.411 e. The van der Waals surface area contributed by atoms with E-state index in [9.17, 15) is 9.59 Å². The van der Waals surface area contributed by atoms with Gasteiger partial charge in [0.2, 0.25) is 0 Å². The highest BCUT2D eigenvalue weighted by Crippen LogP contribution is 2.28. The Balaban J connectivity index is 1.40. The summed E-state index contributed by atoms with van der Waals surface area (Å²) in [7, 11) is 2.06. The predicted octanol–water partition coefficient (Wildman–Crippen LogP) is 4.79. The van der Waals surface area contributed by atoms with Crippen LogP contribution in [-0.4, -0.2) is 35.5 Å². The van der Waals surface area contributed by atoms with Gasteiger partial charge in [-0.2, -0.15) is 0 Å². The number of likely N-dealkylation sites (N-methyl/N-ethyl adjacent to an activating group) is 1. The van der Waals surface area contributed by atoms with Gasteiger partial charge in [0.05, 0.1) is 5.69 Å². The van der Waals surface area contributed by atoms with Gasteiger partial charge in [-0.25, -0.2) is 9.78 Å². The molecule has 0 aliphatic carbocycles. The molecular formula is C22H21ClN4O3S. The highest BCUT2D eigenvalue weighted by molar-refractivity contribution is 7.15. The van der Waals surface area contributed by atoms with E-state index in [1.165, 1.54) is 16.2 Å². The highest BCUT2D eigenvalue weighted by atomic mass is 35.5. The van der Waals surface area contributed by atoms with Crippen molar-refractivity contribution in [3.8, 4) is 0 Å². The second kappa shape index (κ2) is 9.47. The van der Waals surface area contributed by atoms with Gasteiger partial charge < -0.3 is 9.64 Å². The maximum absolute atomic E-state index is 12.7. The Morgan fingerprint density at radius 2 is 2.00 bits per heavy atom. The monoisotopic (exact) mass is 456 g/mol. The Hall–Kier alpha value is -2.94. The Morgan fingerprint density at radius 3 is 2.81 bits per heavy atom. The van der Waals surface area contributed by atoms with Gasteiger partial charge in [0.15, 0.2) is 5.13 Å². The van der Waals surface area contributed by atoms with Crippen LogP contribution in [0.2, 0.25) is 5.02 Å². The fraction of sp³-hybridized carbons (Fsp3) is 0.227. The van der Waals surface area contributed by atoms with E-state index in [1.807, 2.05) is 30.3 Å². The number of anilines is 2. The van der Waals surface area contributed by atoms with Crippen LogP contribution in [0.1, 0.15) is 26.5 Å². The molecule has 7 nitrogen and oxygen atoms in total. The molecule has 2 heterocycles. The van der Waals surface area contributed by atoms with E-state index < -0.39 is 6.09 Å². The normalized spacial score (nSPS) is 13.4. The number of thiazole rings is 1. The van der Waals surface area contributed by atoms with E-state index >= 15 is 0 Å². The molecule has 2 aromatic carbocycles. The molecule has 0 unspecified atom stereocenters. The van der Waals surface area contributed by atoms with Crippen molar-refractivity contribution in [2.24, 2.45) is 0 Å². The molecule has 0 atom stereocenters. The van der Waals surface area contributed by atoms with Gasteiger partial charge in [-0.05, 0) is 30.8 Å². The summed E-state index contributed by atoms with van der Waals surface area (Å²) in [4.78, 5) is 32.8. The lowest BCUT2D eigenvalue weighted by atomic mass is 10.2. The molecule has 3 aromatic rings. The van der Waals surface area contributed by atoms with Gasteiger partial charge >= 0.3 is 6.09 Å². The highest BCUT2D eigenvalue weighted by Gasteiger charge is 2.20. The molecule has 1 aromatic heterocycles. The Morgan fingerprint density at radius 1 is 1.19 bits per heavy atom. The zero-order valence-corrected chi connectivity index (χ0v) is 18.4. The molecule has 0 saturated carbocycles. The van der Waals surface area contributed by atoms with Crippen LogP contribution < -0.4 is 10.6 Å². The number of nitrogens with zero attached hydrogens (tertiary/aromatic N) is 2. The van der Waals surface area contributed by atoms with E-state index in [1.54, 1.807) is 18.2 Å². The first kappa shape index (κ1) is 21.3. The molecular weight excluding hydrogens is 436 g/mol. The summed E-state index contributed by atoms with van der Waals surface area (Å²) in [6.45, 7) is 1.93. The SMILES string of the molecule is CN1CCc2nc(NC(=O)c3cc(Cl)cc(NC(=O)OCc4ccccc4)c3)sc2C1. The minimum atomic E-state index is -0.630. The van der Waals surface area contributed by atoms with E-state index in [4.69, 9.17) is 16.3 Å². The van der Waals surface area contributed by atoms with Crippen LogP contribution in [0.15, 0.2) is 48.5 Å². The van der Waals surface area contributed by atoms with Crippen LogP contribution in [0.3, 0.4) is 0 Å². The van der Waals surface area contributed by atoms with E-state index in [0.717, 1.165) is 30.8 Å². The Kier molecular flexibility index (Phi) is 6.50. The molecule has 2 N–H and O–H groups in total. The number of hydrogen-bond donors (Lipinski definition) is 2. The van der Waals surface area contributed by atoms with Crippen molar-refractivity contribution in [2.45, 2.75) is 19.6 Å². The predicted molar refractivity (Wildman–Crippen MR) is 122 cm³/mol. The summed E-state index contributed by atoms with van der Waals surface area (Å²) in [5.41, 5.74) is 2.60. The van der Waals surface area contributed by atoms with Gasteiger partial charge in [0.1, 0.15) is 6.61 Å². The quantitative estimate of drug-likeness (QED) is 0.577. The molecule has 0 bridgehead atoms. The average Bonchev–Trinajstić information content (AvgIpc) is 3.14. The third-order valence-electron chi connectivity index (χ3n) is 4.76. The van der Waals surface area contributed by atoms with Crippen molar-refractivity contribution in [2.75, 3.05) is 24.2 Å². The third-order valence-corrected chi connectivity index (χ3v) is 5.98. The first-order chi connectivity index (χ1) is 15.0. The van der Waals surface area contributed by atoms with E-state index in [2.05, 4.69) is 27.6 Å². The third kappa shape index (κ3) is 5.61. The first-order valence-corrected chi connectivity index (χ1v) is 10.9. The Bertz CT molecular complexity index is 1100. The second-order valence-corrected chi connectivity index (χ2v) is 8.77. The van der Waals surface area contributed by atoms with Gasteiger partial charge in [0, 0.05) is 40.7 Å². The largest absolute Gasteiger partial charge is 0.444 e. The molecule has 0 radical (unpaired) electrons. The lowest BCUT2D eigenvalue weighted by Crippen LogP contribution is -2.25. The maximum Gasteiger partial charge on any atom is 0.411 e. The zero-order valence-electron chi connectivity index (χ0n) is 16.9. The van der Waals surface area contributed by atoms with Crippen LogP contribution in [0, 0.1) is 0 Å². The van der Waals surface area contributed by atoms with E-state index in [0.29, 0.717) is 21.4 Å². The number of carbonyl (C=O) groups is 2. The molecule has 0 fully saturated rings. The van der Waals surface area contributed by atoms with Crippen molar-refractivity contribution < 1.29 is 14.3 Å². The standard InChI is InChI=1S/C22H21ClN4O3S/c1-27-8-7-18-19(12-27)31-21(25-18)26-20(28)15-9-16(23)11-17(10-15)24-22(29)30-13-14-5-3-2-4-6-14/h2-6,9-11H,7-8,12-13H2,1H3,(H,24,29)(H,25,26,28). The Labute approximate surface area is 189 Å². The number of aromatic nitrogens is 1. The molecule has 9 heteroatoms. The van der Waals surface area contributed by atoms with Crippen LogP contribution >= 0.6 is 22.9 Å². The molecule has 0 spiro atoms. The maximum atomic E-state index is 12.7. The number of ether oxygens (including phenoxy) is 1. The van der Waals surface area contributed by atoms with Crippen molar-refractivity contribution in [3.05, 3.63) is 75.3 Å². The van der Waals surface area contributed by atoms with Crippen molar-refractivity contribution in [1.29, 1.82) is 0 Å². The number of hydrogen-bond acceptors (Lipinski definition) is 6. The summed E-state index contributed by atoms with van der Waals surface area (Å²) >= 11 is 7.64. The summed E-state index contributed by atoms with van der Waals surface area (Å²) in [6.07, 6.45) is 0.239. The molecule has 1 aliphatic heterocycles. The first-order valence-electron chi connectivity index (χ1n) is 9.73. The molecule has 160 valence electrons. The molecule has 31 heavy (non-hydrogen) atoms. The number of halogens is 1. The fourth-order valence-corrected chi connectivity index (χ4v) is 4.53. The van der Waals surface area contributed by atoms with Crippen LogP contribution in [-0.2, 0) is 24.3 Å². The van der Waals surface area contributed by atoms with Crippen molar-refractivity contribution in [1.82, 2.24) is 9.88 Å². The number of fused-ring (bicyclic) bond motifs is 1. The van der Waals surface area contributed by atoms with Gasteiger partial charge in [-0.15, -0.1) is 11.3 Å². The number of rotatable bonds is 5. The lowest BCUT2D eigenvalue weighted by molar-refractivity contribution is 0.102. The van der Waals surface area contributed by atoms with Gasteiger partial charge in [-0.3, -0.25) is 15.4 Å². The number of amides is 2. The number of benzene rings is 2. The van der Waals surface area contributed by atoms with Crippen LogP contribution in [0.4, 0.5) is 15.6 Å². The van der Waals surface area contributed by atoms with Crippen molar-refractivity contribution in [3.63, 3.8) is 0 Å². The van der Waals surface area contributed by atoms with Crippen LogP contribution in [0.25, 0.3) is 0 Å². The minimum Gasteiger partial charge on any atom is -0.444 e. The number of nitrogens with one attached hydrogen (secondary N) is 2.